The van der Waals surface area contributed by atoms with Gasteiger partial charge in [-0.25, -0.2) is 4.99 Å². The van der Waals surface area contributed by atoms with Gasteiger partial charge in [-0.3, -0.25) is 4.90 Å². The highest BCUT2D eigenvalue weighted by Crippen LogP contribution is 2.22. The van der Waals surface area contributed by atoms with Gasteiger partial charge in [0.05, 0.1) is 6.04 Å². The largest absolute Gasteiger partial charge is 0.370 e. The van der Waals surface area contributed by atoms with Crippen LogP contribution in [-0.2, 0) is 0 Å². The molecule has 1 atom stereocenters. The molecule has 0 aromatic rings. The van der Waals surface area contributed by atoms with Crippen LogP contribution >= 0.6 is 0 Å². The third kappa shape index (κ3) is 3.22. The van der Waals surface area contributed by atoms with Crippen molar-refractivity contribution >= 4 is 5.96 Å². The van der Waals surface area contributed by atoms with E-state index in [-0.39, 0.29) is 0 Å². The summed E-state index contributed by atoms with van der Waals surface area (Å²) in [6.07, 6.45) is 10.5. The molecule has 1 saturated carbocycles. The van der Waals surface area contributed by atoms with Crippen molar-refractivity contribution in [1.82, 2.24) is 9.80 Å². The number of rotatable bonds is 2. The Balaban J connectivity index is 1.52. The molecule has 3 rings (SSSR count). The molecule has 19 heavy (non-hydrogen) atoms. The molecule has 0 spiro atoms. The minimum atomic E-state index is 0.500. The van der Waals surface area contributed by atoms with Crippen LogP contribution in [0.1, 0.15) is 51.4 Å². The van der Waals surface area contributed by atoms with E-state index in [4.69, 9.17) is 10.7 Å². The fourth-order valence-electron chi connectivity index (χ4n) is 3.83. The maximum Gasteiger partial charge on any atom is 0.191 e. The molecule has 2 aliphatic heterocycles. The van der Waals surface area contributed by atoms with Gasteiger partial charge in [0, 0.05) is 19.1 Å². The highest BCUT2D eigenvalue weighted by atomic mass is 15.3. The third-order valence-electron chi connectivity index (χ3n) is 5.03. The SMILES string of the molecule is NC(=NC1CCCCC1)N1CCC(N2CCCC2)C1. The fraction of sp³-hybridized carbons (Fsp3) is 0.933. The first-order chi connectivity index (χ1) is 9.33. The van der Waals surface area contributed by atoms with Gasteiger partial charge in [-0.2, -0.15) is 0 Å². The number of hydrogen-bond donors (Lipinski definition) is 1. The van der Waals surface area contributed by atoms with Gasteiger partial charge in [-0.15, -0.1) is 0 Å². The molecule has 0 aromatic heterocycles. The van der Waals surface area contributed by atoms with Crippen LogP contribution in [0.4, 0.5) is 0 Å². The first-order valence-corrected chi connectivity index (χ1v) is 8.15. The number of aliphatic imine (C=N–C) groups is 1. The van der Waals surface area contributed by atoms with Crippen LogP contribution in [0.3, 0.4) is 0 Å². The van der Waals surface area contributed by atoms with Crippen molar-refractivity contribution in [1.29, 1.82) is 0 Å². The molecule has 4 nitrogen and oxygen atoms in total. The van der Waals surface area contributed by atoms with Crippen molar-refractivity contribution in [3.8, 4) is 0 Å². The summed E-state index contributed by atoms with van der Waals surface area (Å²) in [7, 11) is 0. The minimum Gasteiger partial charge on any atom is -0.370 e. The molecule has 0 amide bonds. The van der Waals surface area contributed by atoms with Crippen molar-refractivity contribution in [3.05, 3.63) is 0 Å². The third-order valence-corrected chi connectivity index (χ3v) is 5.03. The van der Waals surface area contributed by atoms with E-state index in [0.717, 1.165) is 25.1 Å². The van der Waals surface area contributed by atoms with Gasteiger partial charge >= 0.3 is 0 Å². The number of likely N-dealkylation sites (tertiary alicyclic amines) is 2. The Bertz CT molecular complexity index is 316. The predicted octanol–water partition coefficient (Wildman–Crippen LogP) is 1.80. The van der Waals surface area contributed by atoms with Crippen molar-refractivity contribution in [3.63, 3.8) is 0 Å². The molecule has 0 aromatic carbocycles. The molecule has 2 N–H and O–H groups in total. The van der Waals surface area contributed by atoms with Gasteiger partial charge in [0.15, 0.2) is 5.96 Å². The average Bonchev–Trinajstić information content (AvgIpc) is 3.11. The molecule has 108 valence electrons. The normalized spacial score (nSPS) is 31.3. The Kier molecular flexibility index (Phi) is 4.26. The quantitative estimate of drug-likeness (QED) is 0.611. The van der Waals surface area contributed by atoms with Crippen molar-refractivity contribution in [2.45, 2.75) is 63.5 Å². The van der Waals surface area contributed by atoms with E-state index >= 15 is 0 Å². The maximum atomic E-state index is 6.23. The second-order valence-corrected chi connectivity index (χ2v) is 6.41. The highest BCUT2D eigenvalue weighted by Gasteiger charge is 2.30. The van der Waals surface area contributed by atoms with Crippen LogP contribution < -0.4 is 5.73 Å². The monoisotopic (exact) mass is 264 g/mol. The molecule has 4 heteroatoms. The Labute approximate surface area is 117 Å². The van der Waals surface area contributed by atoms with E-state index in [1.807, 2.05) is 0 Å². The molecule has 1 aliphatic carbocycles. The van der Waals surface area contributed by atoms with Crippen molar-refractivity contribution in [2.24, 2.45) is 10.7 Å². The molecular formula is C15H28N4. The van der Waals surface area contributed by atoms with Gasteiger partial charge in [0.1, 0.15) is 0 Å². The number of hydrogen-bond acceptors (Lipinski definition) is 2. The molecule has 2 heterocycles. The van der Waals surface area contributed by atoms with Crippen LogP contribution in [-0.4, -0.2) is 54.0 Å². The number of nitrogens with zero attached hydrogens (tertiary/aromatic N) is 3. The summed E-state index contributed by atoms with van der Waals surface area (Å²) in [5.41, 5.74) is 6.23. The number of guanidine groups is 1. The molecule has 3 fully saturated rings. The zero-order valence-corrected chi connectivity index (χ0v) is 12.1. The maximum absolute atomic E-state index is 6.23. The minimum absolute atomic E-state index is 0.500. The van der Waals surface area contributed by atoms with Crippen LogP contribution in [0, 0.1) is 0 Å². The lowest BCUT2D eigenvalue weighted by atomic mass is 9.96. The summed E-state index contributed by atoms with van der Waals surface area (Å²) >= 11 is 0. The van der Waals surface area contributed by atoms with E-state index in [9.17, 15) is 0 Å². The highest BCUT2D eigenvalue weighted by molar-refractivity contribution is 5.78. The summed E-state index contributed by atoms with van der Waals surface area (Å²) in [6, 6.07) is 1.22. The Morgan fingerprint density at radius 2 is 1.63 bits per heavy atom. The first kappa shape index (κ1) is 13.2. The van der Waals surface area contributed by atoms with Gasteiger partial charge in [-0.05, 0) is 45.2 Å². The summed E-state index contributed by atoms with van der Waals surface area (Å²) in [4.78, 5) is 9.74. The second-order valence-electron chi connectivity index (χ2n) is 6.41. The predicted molar refractivity (Wildman–Crippen MR) is 79.3 cm³/mol. The van der Waals surface area contributed by atoms with Crippen LogP contribution in [0.25, 0.3) is 0 Å². The standard InChI is InChI=1S/C15H28N4/c16-15(17-13-6-2-1-3-7-13)19-11-8-14(12-19)18-9-4-5-10-18/h13-14H,1-12H2,(H2,16,17). The lowest BCUT2D eigenvalue weighted by molar-refractivity contribution is 0.249. The van der Waals surface area contributed by atoms with E-state index in [2.05, 4.69) is 9.80 Å². The van der Waals surface area contributed by atoms with Gasteiger partial charge in [0.2, 0.25) is 0 Å². The fourth-order valence-corrected chi connectivity index (χ4v) is 3.83. The van der Waals surface area contributed by atoms with E-state index < -0.39 is 0 Å². The molecule has 3 aliphatic rings. The van der Waals surface area contributed by atoms with Gasteiger partial charge in [-0.1, -0.05) is 19.3 Å². The summed E-state index contributed by atoms with van der Waals surface area (Å²) in [6.45, 7) is 4.78. The molecule has 2 saturated heterocycles. The topological polar surface area (TPSA) is 44.9 Å². The first-order valence-electron chi connectivity index (χ1n) is 8.15. The lowest BCUT2D eigenvalue weighted by Gasteiger charge is -2.25. The van der Waals surface area contributed by atoms with Crippen molar-refractivity contribution < 1.29 is 0 Å². The Morgan fingerprint density at radius 1 is 0.895 bits per heavy atom. The van der Waals surface area contributed by atoms with Crippen molar-refractivity contribution in [2.75, 3.05) is 26.2 Å². The summed E-state index contributed by atoms with van der Waals surface area (Å²) in [5, 5.41) is 0. The van der Waals surface area contributed by atoms with E-state index in [0.29, 0.717) is 6.04 Å². The lowest BCUT2D eigenvalue weighted by Crippen LogP contribution is -2.40. The summed E-state index contributed by atoms with van der Waals surface area (Å²) in [5.74, 6) is 0.814. The smallest absolute Gasteiger partial charge is 0.191 e. The van der Waals surface area contributed by atoms with Crippen LogP contribution in [0.5, 0.6) is 0 Å². The zero-order valence-electron chi connectivity index (χ0n) is 12.1. The Morgan fingerprint density at radius 3 is 2.37 bits per heavy atom. The van der Waals surface area contributed by atoms with Crippen LogP contribution in [0.15, 0.2) is 4.99 Å². The second kappa shape index (κ2) is 6.12. The van der Waals surface area contributed by atoms with E-state index in [1.165, 1.54) is 64.5 Å². The van der Waals surface area contributed by atoms with Gasteiger partial charge in [0.25, 0.3) is 0 Å². The molecule has 1 unspecified atom stereocenters. The summed E-state index contributed by atoms with van der Waals surface area (Å²) < 4.78 is 0. The number of nitrogens with two attached hydrogens (primary N) is 1. The van der Waals surface area contributed by atoms with E-state index in [1.54, 1.807) is 0 Å². The zero-order chi connectivity index (χ0) is 13.1. The molecule has 0 radical (unpaired) electrons. The Hall–Kier alpha value is -0.770. The average molecular weight is 264 g/mol. The van der Waals surface area contributed by atoms with Gasteiger partial charge < -0.3 is 10.6 Å². The molecular weight excluding hydrogens is 236 g/mol. The van der Waals surface area contributed by atoms with Crippen LogP contribution in [0.2, 0.25) is 0 Å². The molecule has 0 bridgehead atoms.